The highest BCUT2D eigenvalue weighted by Crippen LogP contribution is 2.40. The summed E-state index contributed by atoms with van der Waals surface area (Å²) in [5, 5.41) is 3.02. The van der Waals surface area contributed by atoms with Gasteiger partial charge in [0.15, 0.2) is 0 Å². The first kappa shape index (κ1) is 14.0. The Kier molecular flexibility index (Phi) is 4.20. The first-order chi connectivity index (χ1) is 9.05. The van der Waals surface area contributed by atoms with Gasteiger partial charge in [-0.1, -0.05) is 18.6 Å². The van der Waals surface area contributed by atoms with Crippen LogP contribution < -0.4 is 11.1 Å². The summed E-state index contributed by atoms with van der Waals surface area (Å²) in [5.41, 5.74) is 6.39. The Bertz CT molecular complexity index is 434. The molecule has 104 valence electrons. The predicted octanol–water partition coefficient (Wildman–Crippen LogP) is 2.00. The number of carbonyl (C=O) groups is 1. The van der Waals surface area contributed by atoms with Gasteiger partial charge in [-0.05, 0) is 43.9 Å². The van der Waals surface area contributed by atoms with Crippen molar-refractivity contribution in [2.75, 3.05) is 6.54 Å². The van der Waals surface area contributed by atoms with Crippen LogP contribution in [0.1, 0.15) is 31.7 Å². The topological polar surface area (TPSA) is 55.1 Å². The van der Waals surface area contributed by atoms with Gasteiger partial charge in [-0.25, -0.2) is 4.39 Å². The van der Waals surface area contributed by atoms with Crippen molar-refractivity contribution in [3.63, 3.8) is 0 Å². The molecule has 1 aliphatic carbocycles. The van der Waals surface area contributed by atoms with E-state index in [9.17, 15) is 9.18 Å². The molecule has 0 aromatic heterocycles. The molecule has 2 rings (SSSR count). The second-order valence-corrected chi connectivity index (χ2v) is 5.54. The monoisotopic (exact) mass is 264 g/mol. The molecular weight excluding hydrogens is 243 g/mol. The Morgan fingerprint density at radius 2 is 2.05 bits per heavy atom. The number of hydrogen-bond acceptors (Lipinski definition) is 2. The van der Waals surface area contributed by atoms with Gasteiger partial charge >= 0.3 is 0 Å². The van der Waals surface area contributed by atoms with E-state index in [4.69, 9.17) is 5.73 Å². The number of carbonyl (C=O) groups excluding carboxylic acids is 1. The number of benzene rings is 1. The molecule has 3 nitrogen and oxygen atoms in total. The SMILES string of the molecule is CC(Cc1ccc(F)cc1)NC(=O)C1(CN)CCC1. The molecule has 1 saturated carbocycles. The molecule has 3 N–H and O–H groups in total. The van der Waals surface area contributed by atoms with Gasteiger partial charge in [0.1, 0.15) is 5.82 Å². The van der Waals surface area contributed by atoms with Crippen molar-refractivity contribution < 1.29 is 9.18 Å². The molecule has 0 heterocycles. The lowest BCUT2D eigenvalue weighted by atomic mass is 9.68. The van der Waals surface area contributed by atoms with Crippen molar-refractivity contribution in [1.29, 1.82) is 0 Å². The van der Waals surface area contributed by atoms with Crippen LogP contribution in [0.15, 0.2) is 24.3 Å². The summed E-state index contributed by atoms with van der Waals surface area (Å²) in [6.07, 6.45) is 3.56. The maximum Gasteiger partial charge on any atom is 0.227 e. The minimum atomic E-state index is -0.336. The van der Waals surface area contributed by atoms with Crippen LogP contribution in [0.2, 0.25) is 0 Å². The molecule has 19 heavy (non-hydrogen) atoms. The first-order valence-electron chi connectivity index (χ1n) is 6.81. The van der Waals surface area contributed by atoms with Crippen molar-refractivity contribution in [2.24, 2.45) is 11.1 Å². The lowest BCUT2D eigenvalue weighted by molar-refractivity contribution is -0.135. The van der Waals surface area contributed by atoms with E-state index in [1.165, 1.54) is 12.1 Å². The third-order valence-electron chi connectivity index (χ3n) is 4.02. The molecule has 0 spiro atoms. The lowest BCUT2D eigenvalue weighted by Crippen LogP contribution is -2.52. The Balaban J connectivity index is 1.89. The molecule has 0 saturated heterocycles. The number of nitrogens with two attached hydrogens (primary N) is 1. The quantitative estimate of drug-likeness (QED) is 0.854. The Labute approximate surface area is 113 Å². The summed E-state index contributed by atoms with van der Waals surface area (Å²) < 4.78 is 12.8. The molecule has 4 heteroatoms. The van der Waals surface area contributed by atoms with Gasteiger partial charge in [-0.15, -0.1) is 0 Å². The zero-order chi connectivity index (χ0) is 13.9. The van der Waals surface area contributed by atoms with E-state index in [0.717, 1.165) is 24.8 Å². The molecule has 1 fully saturated rings. The molecule has 1 aromatic carbocycles. The van der Waals surface area contributed by atoms with Crippen molar-refractivity contribution in [3.8, 4) is 0 Å². The van der Waals surface area contributed by atoms with Crippen LogP contribution >= 0.6 is 0 Å². The Hall–Kier alpha value is -1.42. The summed E-state index contributed by atoms with van der Waals surface area (Å²) in [6, 6.07) is 6.41. The largest absolute Gasteiger partial charge is 0.353 e. The highest BCUT2D eigenvalue weighted by molar-refractivity contribution is 5.84. The summed E-state index contributed by atoms with van der Waals surface area (Å²) in [5.74, 6) is -0.173. The van der Waals surface area contributed by atoms with Gasteiger partial charge in [-0.2, -0.15) is 0 Å². The molecule has 1 amide bonds. The maximum atomic E-state index is 12.8. The summed E-state index contributed by atoms with van der Waals surface area (Å²) in [6.45, 7) is 2.38. The van der Waals surface area contributed by atoms with Crippen LogP contribution in [0.4, 0.5) is 4.39 Å². The van der Waals surface area contributed by atoms with Crippen molar-refractivity contribution in [2.45, 2.75) is 38.6 Å². The minimum absolute atomic E-state index is 0.0296. The zero-order valence-corrected chi connectivity index (χ0v) is 11.3. The second-order valence-electron chi connectivity index (χ2n) is 5.54. The van der Waals surface area contributed by atoms with E-state index in [1.54, 1.807) is 12.1 Å². The standard InChI is InChI=1S/C15H21FN2O/c1-11(9-12-3-5-13(16)6-4-12)18-14(19)15(10-17)7-2-8-15/h3-6,11H,2,7-10,17H2,1H3,(H,18,19). The average Bonchev–Trinajstić information content (AvgIpc) is 2.31. The number of rotatable bonds is 5. The lowest BCUT2D eigenvalue weighted by Gasteiger charge is -2.39. The van der Waals surface area contributed by atoms with Crippen LogP contribution in [0.5, 0.6) is 0 Å². The van der Waals surface area contributed by atoms with E-state index in [1.807, 2.05) is 6.92 Å². The van der Waals surface area contributed by atoms with E-state index in [-0.39, 0.29) is 23.2 Å². The average molecular weight is 264 g/mol. The Morgan fingerprint density at radius 3 is 2.53 bits per heavy atom. The van der Waals surface area contributed by atoms with E-state index >= 15 is 0 Å². The maximum absolute atomic E-state index is 12.8. The molecule has 0 radical (unpaired) electrons. The van der Waals surface area contributed by atoms with Gasteiger partial charge in [0, 0.05) is 12.6 Å². The smallest absolute Gasteiger partial charge is 0.227 e. The van der Waals surface area contributed by atoms with Crippen LogP contribution in [0.3, 0.4) is 0 Å². The third-order valence-corrected chi connectivity index (χ3v) is 4.02. The van der Waals surface area contributed by atoms with Crippen LogP contribution in [0.25, 0.3) is 0 Å². The van der Waals surface area contributed by atoms with Crippen LogP contribution in [0, 0.1) is 11.2 Å². The predicted molar refractivity (Wildman–Crippen MR) is 73.0 cm³/mol. The summed E-state index contributed by atoms with van der Waals surface area (Å²) in [7, 11) is 0. The minimum Gasteiger partial charge on any atom is -0.353 e. The van der Waals surface area contributed by atoms with Crippen molar-refractivity contribution in [3.05, 3.63) is 35.6 Å². The fourth-order valence-corrected chi connectivity index (χ4v) is 2.53. The first-order valence-corrected chi connectivity index (χ1v) is 6.81. The van der Waals surface area contributed by atoms with Gasteiger partial charge < -0.3 is 11.1 Å². The molecule has 0 bridgehead atoms. The third kappa shape index (κ3) is 3.13. The fourth-order valence-electron chi connectivity index (χ4n) is 2.53. The molecule has 1 unspecified atom stereocenters. The fraction of sp³-hybridized carbons (Fsp3) is 0.533. The number of nitrogens with one attached hydrogen (secondary N) is 1. The van der Waals surface area contributed by atoms with Crippen LogP contribution in [-0.2, 0) is 11.2 Å². The molecule has 1 aliphatic rings. The zero-order valence-electron chi connectivity index (χ0n) is 11.3. The molecule has 1 atom stereocenters. The Morgan fingerprint density at radius 1 is 1.42 bits per heavy atom. The van der Waals surface area contributed by atoms with Gasteiger partial charge in [0.05, 0.1) is 5.41 Å². The summed E-state index contributed by atoms with van der Waals surface area (Å²) >= 11 is 0. The van der Waals surface area contributed by atoms with Crippen molar-refractivity contribution >= 4 is 5.91 Å². The molecule has 0 aliphatic heterocycles. The van der Waals surface area contributed by atoms with Gasteiger partial charge in [-0.3, -0.25) is 4.79 Å². The normalized spacial score (nSPS) is 18.5. The number of hydrogen-bond donors (Lipinski definition) is 2. The highest BCUT2D eigenvalue weighted by Gasteiger charge is 2.42. The molecule has 1 aromatic rings. The number of amides is 1. The van der Waals surface area contributed by atoms with Gasteiger partial charge in [0.2, 0.25) is 5.91 Å². The van der Waals surface area contributed by atoms with Crippen molar-refractivity contribution in [1.82, 2.24) is 5.32 Å². The molecular formula is C15H21FN2O. The van der Waals surface area contributed by atoms with Crippen LogP contribution in [-0.4, -0.2) is 18.5 Å². The van der Waals surface area contributed by atoms with E-state index in [2.05, 4.69) is 5.32 Å². The second kappa shape index (κ2) is 5.70. The van der Waals surface area contributed by atoms with Gasteiger partial charge in [0.25, 0.3) is 0 Å². The summed E-state index contributed by atoms with van der Waals surface area (Å²) in [4.78, 5) is 12.2. The van der Waals surface area contributed by atoms with E-state index in [0.29, 0.717) is 13.0 Å². The highest BCUT2D eigenvalue weighted by atomic mass is 19.1. The van der Waals surface area contributed by atoms with E-state index < -0.39 is 0 Å². The number of halogens is 1.